The quantitative estimate of drug-likeness (QED) is 0.697. The predicted molar refractivity (Wildman–Crippen MR) is 102 cm³/mol. The lowest BCUT2D eigenvalue weighted by Gasteiger charge is -2.17. The van der Waals surface area contributed by atoms with Gasteiger partial charge in [-0.3, -0.25) is 13.9 Å². The molecule has 0 spiro atoms. The van der Waals surface area contributed by atoms with Gasteiger partial charge in [0.2, 0.25) is 0 Å². The second-order valence-electron chi connectivity index (χ2n) is 6.19. The average molecular weight is 374 g/mol. The number of hydrogen-bond acceptors (Lipinski definition) is 4. The second-order valence-corrected chi connectivity index (χ2v) is 6.55. The molecule has 0 aliphatic rings. The highest BCUT2D eigenvalue weighted by Gasteiger charge is 2.23. The molecule has 0 saturated heterocycles. The van der Waals surface area contributed by atoms with Crippen molar-refractivity contribution < 1.29 is 5.11 Å². The Hall–Kier alpha value is -2.44. The van der Waals surface area contributed by atoms with Crippen molar-refractivity contribution >= 4 is 22.5 Å². The van der Waals surface area contributed by atoms with E-state index in [0.717, 1.165) is 6.42 Å². The number of aliphatic hydroxyl groups excluding tert-OH is 1. The van der Waals surface area contributed by atoms with Crippen LogP contribution in [-0.2, 0) is 13.6 Å². The molecule has 1 atom stereocenters. The first-order valence-electron chi connectivity index (χ1n) is 8.48. The summed E-state index contributed by atoms with van der Waals surface area (Å²) < 4.78 is 2.57. The third kappa shape index (κ3) is 3.06. The van der Waals surface area contributed by atoms with Crippen molar-refractivity contribution in [1.29, 1.82) is 0 Å². The van der Waals surface area contributed by atoms with E-state index in [9.17, 15) is 14.7 Å². The summed E-state index contributed by atoms with van der Waals surface area (Å²) in [6, 6.07) is 8.91. The number of halogens is 1. The van der Waals surface area contributed by atoms with E-state index in [1.54, 1.807) is 31.3 Å². The van der Waals surface area contributed by atoms with E-state index in [4.69, 9.17) is 11.6 Å². The number of aliphatic hydroxyl groups is 1. The molecule has 26 heavy (non-hydrogen) atoms. The van der Waals surface area contributed by atoms with E-state index in [-0.39, 0.29) is 16.1 Å². The van der Waals surface area contributed by atoms with Crippen LogP contribution in [0.1, 0.15) is 37.0 Å². The standard InChI is InChI=1S/C19H20ClN3O3/c1-3-4-10-23-18(25)14-13(22(2)19(23)26)11-21-17(20)15(14)16(24)12-8-6-5-7-9-12/h5-9,11,16,24H,3-4,10H2,1-2H3. The van der Waals surface area contributed by atoms with Crippen LogP contribution in [0, 0.1) is 0 Å². The summed E-state index contributed by atoms with van der Waals surface area (Å²) in [6.07, 6.45) is 1.83. The van der Waals surface area contributed by atoms with Crippen LogP contribution in [-0.4, -0.2) is 19.2 Å². The van der Waals surface area contributed by atoms with Crippen LogP contribution in [0.4, 0.5) is 0 Å². The highest BCUT2D eigenvalue weighted by molar-refractivity contribution is 6.31. The van der Waals surface area contributed by atoms with Gasteiger partial charge in [0.05, 0.1) is 17.1 Å². The molecule has 0 bridgehead atoms. The second kappa shape index (κ2) is 7.43. The molecule has 2 heterocycles. The zero-order chi connectivity index (χ0) is 18.8. The Labute approximate surface area is 155 Å². The zero-order valence-corrected chi connectivity index (χ0v) is 15.4. The van der Waals surface area contributed by atoms with Gasteiger partial charge in [0.15, 0.2) is 0 Å². The number of nitrogens with zero attached hydrogens (tertiary/aromatic N) is 3. The molecule has 0 amide bonds. The fourth-order valence-electron chi connectivity index (χ4n) is 3.04. The molecule has 6 nitrogen and oxygen atoms in total. The van der Waals surface area contributed by atoms with E-state index in [0.29, 0.717) is 24.0 Å². The van der Waals surface area contributed by atoms with Crippen molar-refractivity contribution in [3.8, 4) is 0 Å². The molecular weight excluding hydrogens is 354 g/mol. The molecule has 1 N–H and O–H groups in total. The number of aryl methyl sites for hydroxylation is 1. The minimum absolute atomic E-state index is 0.0478. The van der Waals surface area contributed by atoms with Gasteiger partial charge in [0, 0.05) is 19.2 Å². The Morgan fingerprint density at radius 3 is 2.58 bits per heavy atom. The monoisotopic (exact) mass is 373 g/mol. The van der Waals surface area contributed by atoms with Gasteiger partial charge in [-0.25, -0.2) is 9.78 Å². The zero-order valence-electron chi connectivity index (χ0n) is 14.6. The molecular formula is C19H20ClN3O3. The van der Waals surface area contributed by atoms with Crippen LogP contribution in [0.15, 0.2) is 46.1 Å². The van der Waals surface area contributed by atoms with Crippen molar-refractivity contribution in [1.82, 2.24) is 14.1 Å². The van der Waals surface area contributed by atoms with Crippen LogP contribution in [0.5, 0.6) is 0 Å². The summed E-state index contributed by atoms with van der Waals surface area (Å²) in [7, 11) is 1.58. The topological polar surface area (TPSA) is 77.1 Å². The lowest BCUT2D eigenvalue weighted by molar-refractivity contribution is 0.221. The Balaban J connectivity index is 2.36. The first-order valence-corrected chi connectivity index (χ1v) is 8.86. The van der Waals surface area contributed by atoms with Crippen molar-refractivity contribution in [2.45, 2.75) is 32.4 Å². The predicted octanol–water partition coefficient (Wildman–Crippen LogP) is 2.63. The van der Waals surface area contributed by atoms with Crippen LogP contribution >= 0.6 is 11.6 Å². The Morgan fingerprint density at radius 2 is 1.92 bits per heavy atom. The molecule has 0 aliphatic heterocycles. The number of hydrogen-bond donors (Lipinski definition) is 1. The van der Waals surface area contributed by atoms with Crippen molar-refractivity contribution in [3.63, 3.8) is 0 Å². The molecule has 136 valence electrons. The van der Waals surface area contributed by atoms with Gasteiger partial charge < -0.3 is 5.11 Å². The average Bonchev–Trinajstić information content (AvgIpc) is 2.66. The summed E-state index contributed by atoms with van der Waals surface area (Å²) >= 11 is 6.26. The van der Waals surface area contributed by atoms with E-state index in [1.165, 1.54) is 15.3 Å². The number of unbranched alkanes of at least 4 members (excludes halogenated alkanes) is 1. The molecule has 1 unspecified atom stereocenters. The third-order valence-electron chi connectivity index (χ3n) is 4.51. The van der Waals surface area contributed by atoms with Crippen molar-refractivity contribution in [2.75, 3.05) is 0 Å². The van der Waals surface area contributed by atoms with Crippen LogP contribution in [0.25, 0.3) is 10.9 Å². The maximum atomic E-state index is 13.1. The van der Waals surface area contributed by atoms with Gasteiger partial charge in [-0.05, 0) is 12.0 Å². The summed E-state index contributed by atoms with van der Waals surface area (Å²) in [5.41, 5.74) is 0.312. The largest absolute Gasteiger partial charge is 0.384 e. The SMILES string of the molecule is CCCCn1c(=O)c2c(C(O)c3ccccc3)c(Cl)ncc2n(C)c1=O. The van der Waals surface area contributed by atoms with Gasteiger partial charge in [-0.1, -0.05) is 55.3 Å². The number of rotatable bonds is 5. The van der Waals surface area contributed by atoms with Crippen LogP contribution in [0.2, 0.25) is 5.15 Å². The maximum Gasteiger partial charge on any atom is 0.331 e. The third-order valence-corrected chi connectivity index (χ3v) is 4.81. The lowest BCUT2D eigenvalue weighted by Crippen LogP contribution is -2.39. The fraction of sp³-hybridized carbons (Fsp3) is 0.316. The van der Waals surface area contributed by atoms with E-state index < -0.39 is 17.4 Å². The Morgan fingerprint density at radius 1 is 1.23 bits per heavy atom. The van der Waals surface area contributed by atoms with E-state index >= 15 is 0 Å². The minimum atomic E-state index is -1.12. The van der Waals surface area contributed by atoms with E-state index in [1.807, 2.05) is 13.0 Å². The fourth-order valence-corrected chi connectivity index (χ4v) is 3.29. The van der Waals surface area contributed by atoms with Gasteiger partial charge in [-0.2, -0.15) is 0 Å². The first kappa shape index (κ1) is 18.4. The van der Waals surface area contributed by atoms with Crippen molar-refractivity contribution in [2.24, 2.45) is 7.05 Å². The molecule has 3 aromatic rings. The summed E-state index contributed by atoms with van der Waals surface area (Å²) in [6.45, 7) is 2.31. The smallest absolute Gasteiger partial charge is 0.331 e. The number of pyridine rings is 1. The molecule has 0 radical (unpaired) electrons. The molecule has 0 aliphatic carbocycles. The normalized spacial score (nSPS) is 12.5. The van der Waals surface area contributed by atoms with Gasteiger partial charge in [0.25, 0.3) is 5.56 Å². The minimum Gasteiger partial charge on any atom is -0.384 e. The highest BCUT2D eigenvalue weighted by Crippen LogP contribution is 2.31. The number of fused-ring (bicyclic) bond motifs is 1. The molecule has 7 heteroatoms. The van der Waals surface area contributed by atoms with Gasteiger partial charge in [-0.15, -0.1) is 0 Å². The molecule has 0 fully saturated rings. The molecule has 3 rings (SSSR count). The summed E-state index contributed by atoms with van der Waals surface area (Å²) in [5.74, 6) is 0. The van der Waals surface area contributed by atoms with Crippen molar-refractivity contribution in [3.05, 3.63) is 73.6 Å². The van der Waals surface area contributed by atoms with Crippen LogP contribution in [0.3, 0.4) is 0 Å². The summed E-state index contributed by atoms with van der Waals surface area (Å²) in [4.78, 5) is 29.7. The Kier molecular flexibility index (Phi) is 5.25. The highest BCUT2D eigenvalue weighted by atomic mass is 35.5. The van der Waals surface area contributed by atoms with Gasteiger partial charge in [0.1, 0.15) is 11.3 Å². The number of benzene rings is 1. The number of aromatic nitrogens is 3. The van der Waals surface area contributed by atoms with E-state index in [2.05, 4.69) is 4.98 Å². The first-order chi connectivity index (χ1) is 12.5. The molecule has 1 aromatic carbocycles. The molecule has 2 aromatic heterocycles. The summed E-state index contributed by atoms with van der Waals surface area (Å²) in [5, 5.41) is 11.1. The maximum absolute atomic E-state index is 13.1. The lowest BCUT2D eigenvalue weighted by atomic mass is 10.00. The van der Waals surface area contributed by atoms with Gasteiger partial charge >= 0.3 is 5.69 Å². The molecule has 0 saturated carbocycles. The van der Waals surface area contributed by atoms with Crippen LogP contribution < -0.4 is 11.2 Å². The Bertz CT molecular complexity index is 1060.